The minimum Gasteiger partial charge on any atom is -0.495 e. The molecule has 1 aromatic heterocycles. The smallest absolute Gasteiger partial charge is 0.316 e. The molecule has 17 heavy (non-hydrogen) atoms. The van der Waals surface area contributed by atoms with Crippen molar-refractivity contribution in [2.75, 3.05) is 20.3 Å². The van der Waals surface area contributed by atoms with Gasteiger partial charge in [-0.25, -0.2) is 0 Å². The molecule has 92 valence electrons. The Kier molecular flexibility index (Phi) is 3.28. The predicted molar refractivity (Wildman–Crippen MR) is 60.2 cm³/mol. The van der Waals surface area contributed by atoms with E-state index in [4.69, 9.17) is 9.47 Å². The van der Waals surface area contributed by atoms with E-state index in [9.17, 15) is 9.90 Å². The van der Waals surface area contributed by atoms with Gasteiger partial charge in [0.15, 0.2) is 0 Å². The van der Waals surface area contributed by atoms with Gasteiger partial charge in [-0.05, 0) is 25.0 Å². The second-order valence-corrected chi connectivity index (χ2v) is 4.05. The average molecular weight is 237 g/mol. The molecule has 0 aromatic carbocycles. The highest BCUT2D eigenvalue weighted by Gasteiger charge is 2.45. The fourth-order valence-corrected chi connectivity index (χ4v) is 2.19. The molecule has 5 nitrogen and oxygen atoms in total. The van der Waals surface area contributed by atoms with Gasteiger partial charge < -0.3 is 14.6 Å². The van der Waals surface area contributed by atoms with Crippen molar-refractivity contribution in [2.45, 2.75) is 18.3 Å². The van der Waals surface area contributed by atoms with E-state index >= 15 is 0 Å². The van der Waals surface area contributed by atoms with Crippen LogP contribution in [0.2, 0.25) is 0 Å². The van der Waals surface area contributed by atoms with Gasteiger partial charge in [-0.15, -0.1) is 0 Å². The van der Waals surface area contributed by atoms with E-state index in [2.05, 4.69) is 4.98 Å². The third kappa shape index (κ3) is 1.98. The molecule has 0 amide bonds. The van der Waals surface area contributed by atoms with Crippen LogP contribution in [0.1, 0.15) is 18.5 Å². The van der Waals surface area contributed by atoms with Gasteiger partial charge in [0.2, 0.25) is 0 Å². The van der Waals surface area contributed by atoms with Crippen LogP contribution in [0.25, 0.3) is 0 Å². The number of carboxylic acid groups (broad SMARTS) is 1. The zero-order valence-corrected chi connectivity index (χ0v) is 9.68. The highest BCUT2D eigenvalue weighted by molar-refractivity contribution is 5.81. The number of nitrogens with zero attached hydrogens (tertiary/aromatic N) is 1. The normalized spacial score (nSPS) is 18.6. The minimum atomic E-state index is -0.981. The van der Waals surface area contributed by atoms with Crippen molar-refractivity contribution in [1.82, 2.24) is 4.98 Å². The molecule has 1 aromatic rings. The summed E-state index contributed by atoms with van der Waals surface area (Å²) in [6.45, 7) is 0.873. The van der Waals surface area contributed by atoms with Crippen molar-refractivity contribution in [3.63, 3.8) is 0 Å². The molecular weight excluding hydrogens is 222 g/mol. The first-order valence-electron chi connectivity index (χ1n) is 5.51. The van der Waals surface area contributed by atoms with Gasteiger partial charge in [0, 0.05) is 19.4 Å². The number of hydrogen-bond donors (Lipinski definition) is 1. The summed E-state index contributed by atoms with van der Waals surface area (Å²) in [5.74, 6) is -0.338. The lowest BCUT2D eigenvalue weighted by molar-refractivity contribution is -0.148. The molecule has 1 aliphatic heterocycles. The number of pyridine rings is 1. The number of hydrogen-bond acceptors (Lipinski definition) is 4. The number of ether oxygens (including phenoxy) is 2. The quantitative estimate of drug-likeness (QED) is 0.856. The van der Waals surface area contributed by atoms with Crippen molar-refractivity contribution in [2.24, 2.45) is 0 Å². The van der Waals surface area contributed by atoms with E-state index < -0.39 is 11.4 Å². The SMILES string of the molecule is COc1cccnc1C1(C(=O)O)CCOCC1. The van der Waals surface area contributed by atoms with E-state index in [0.717, 1.165) is 0 Å². The Morgan fingerprint density at radius 1 is 1.53 bits per heavy atom. The van der Waals surface area contributed by atoms with Crippen LogP contribution in [-0.4, -0.2) is 36.4 Å². The van der Waals surface area contributed by atoms with Crippen LogP contribution in [-0.2, 0) is 14.9 Å². The Bertz CT molecular complexity index is 413. The van der Waals surface area contributed by atoms with E-state index in [0.29, 0.717) is 37.5 Å². The van der Waals surface area contributed by atoms with Crippen LogP contribution < -0.4 is 4.74 Å². The summed E-state index contributed by atoms with van der Waals surface area (Å²) >= 11 is 0. The largest absolute Gasteiger partial charge is 0.495 e. The van der Waals surface area contributed by atoms with Gasteiger partial charge in [0.05, 0.1) is 12.8 Å². The molecule has 2 rings (SSSR count). The molecule has 0 unspecified atom stereocenters. The fraction of sp³-hybridized carbons (Fsp3) is 0.500. The molecule has 0 spiro atoms. The van der Waals surface area contributed by atoms with Crippen molar-refractivity contribution in [1.29, 1.82) is 0 Å². The third-order valence-electron chi connectivity index (χ3n) is 3.20. The van der Waals surface area contributed by atoms with Gasteiger partial charge in [-0.2, -0.15) is 0 Å². The maximum atomic E-state index is 11.6. The van der Waals surface area contributed by atoms with E-state index in [1.165, 1.54) is 7.11 Å². The second-order valence-electron chi connectivity index (χ2n) is 4.05. The maximum Gasteiger partial charge on any atom is 0.316 e. The first-order chi connectivity index (χ1) is 8.20. The Morgan fingerprint density at radius 2 is 2.24 bits per heavy atom. The summed E-state index contributed by atoms with van der Waals surface area (Å²) in [4.78, 5) is 15.8. The van der Waals surface area contributed by atoms with Crippen molar-refractivity contribution < 1.29 is 19.4 Å². The lowest BCUT2D eigenvalue weighted by Gasteiger charge is -2.33. The second kappa shape index (κ2) is 4.71. The van der Waals surface area contributed by atoms with Gasteiger partial charge in [-0.1, -0.05) is 0 Å². The molecule has 1 fully saturated rings. The molecule has 0 atom stereocenters. The van der Waals surface area contributed by atoms with Gasteiger partial charge in [0.1, 0.15) is 11.2 Å². The molecule has 1 aliphatic rings. The highest BCUT2D eigenvalue weighted by atomic mass is 16.5. The summed E-state index contributed by atoms with van der Waals surface area (Å²) < 4.78 is 10.4. The van der Waals surface area contributed by atoms with Crippen molar-refractivity contribution >= 4 is 5.97 Å². The topological polar surface area (TPSA) is 68.7 Å². The lowest BCUT2D eigenvalue weighted by Crippen LogP contribution is -2.42. The molecule has 1 saturated heterocycles. The molecule has 5 heteroatoms. The number of aliphatic carboxylic acids is 1. The summed E-state index contributed by atoms with van der Waals surface area (Å²) in [5, 5.41) is 9.51. The number of aromatic nitrogens is 1. The minimum absolute atomic E-state index is 0.426. The zero-order chi connectivity index (χ0) is 12.3. The molecule has 2 heterocycles. The molecule has 0 aliphatic carbocycles. The molecule has 0 bridgehead atoms. The third-order valence-corrected chi connectivity index (χ3v) is 3.20. The summed E-state index contributed by atoms with van der Waals surface area (Å²) in [7, 11) is 1.52. The Morgan fingerprint density at radius 3 is 2.82 bits per heavy atom. The number of rotatable bonds is 3. The molecule has 1 N–H and O–H groups in total. The Hall–Kier alpha value is -1.62. The van der Waals surface area contributed by atoms with E-state index in [-0.39, 0.29) is 0 Å². The van der Waals surface area contributed by atoms with E-state index in [1.54, 1.807) is 18.3 Å². The van der Waals surface area contributed by atoms with Crippen LogP contribution >= 0.6 is 0 Å². The van der Waals surface area contributed by atoms with Crippen LogP contribution in [0.5, 0.6) is 5.75 Å². The van der Waals surface area contributed by atoms with Crippen molar-refractivity contribution in [3.8, 4) is 5.75 Å². The van der Waals surface area contributed by atoms with Gasteiger partial charge in [0.25, 0.3) is 0 Å². The zero-order valence-electron chi connectivity index (χ0n) is 9.68. The Balaban J connectivity index is 2.48. The first-order valence-corrected chi connectivity index (χ1v) is 5.51. The summed E-state index contributed by atoms with van der Waals surface area (Å²) in [5.41, 5.74) is -0.483. The van der Waals surface area contributed by atoms with E-state index in [1.807, 2.05) is 0 Å². The summed E-state index contributed by atoms with van der Waals surface area (Å²) in [6.07, 6.45) is 2.45. The number of carboxylic acids is 1. The highest BCUT2D eigenvalue weighted by Crippen LogP contribution is 2.38. The Labute approximate surface area is 99.4 Å². The lowest BCUT2D eigenvalue weighted by atomic mass is 9.76. The fourth-order valence-electron chi connectivity index (χ4n) is 2.19. The molecular formula is C12H15NO4. The van der Waals surface area contributed by atoms with Gasteiger partial charge in [-0.3, -0.25) is 9.78 Å². The summed E-state index contributed by atoms with van der Waals surface area (Å²) in [6, 6.07) is 3.47. The molecule has 0 radical (unpaired) electrons. The number of methoxy groups -OCH3 is 1. The van der Waals surface area contributed by atoms with Gasteiger partial charge >= 0.3 is 5.97 Å². The van der Waals surface area contributed by atoms with Crippen LogP contribution in [0.3, 0.4) is 0 Å². The number of carbonyl (C=O) groups is 1. The molecule has 0 saturated carbocycles. The van der Waals surface area contributed by atoms with Crippen molar-refractivity contribution in [3.05, 3.63) is 24.0 Å². The van der Waals surface area contributed by atoms with Crippen LogP contribution in [0.15, 0.2) is 18.3 Å². The average Bonchev–Trinajstić information content (AvgIpc) is 2.39. The maximum absolute atomic E-state index is 11.6. The monoisotopic (exact) mass is 237 g/mol. The predicted octanol–water partition coefficient (Wildman–Crippen LogP) is 1.22. The van der Waals surface area contributed by atoms with Crippen LogP contribution in [0.4, 0.5) is 0 Å². The van der Waals surface area contributed by atoms with Crippen LogP contribution in [0, 0.1) is 0 Å². The first kappa shape index (κ1) is 11.9. The standard InChI is InChI=1S/C12H15NO4/c1-16-9-3-2-6-13-10(9)12(11(14)15)4-7-17-8-5-12/h2-3,6H,4-5,7-8H2,1H3,(H,14,15).